The maximum atomic E-state index is 5.09. The van der Waals surface area contributed by atoms with Crippen molar-refractivity contribution >= 4 is 5.82 Å². The van der Waals surface area contributed by atoms with E-state index < -0.39 is 0 Å². The van der Waals surface area contributed by atoms with Crippen molar-refractivity contribution in [3.63, 3.8) is 0 Å². The predicted octanol–water partition coefficient (Wildman–Crippen LogP) is 2.76. The van der Waals surface area contributed by atoms with Gasteiger partial charge in [-0.2, -0.15) is 0 Å². The van der Waals surface area contributed by atoms with E-state index in [2.05, 4.69) is 34.3 Å². The van der Waals surface area contributed by atoms with Crippen molar-refractivity contribution in [3.05, 3.63) is 42.2 Å². The maximum Gasteiger partial charge on any atom is 0.133 e. The summed E-state index contributed by atoms with van der Waals surface area (Å²) in [5.74, 6) is 1.67. The summed E-state index contributed by atoms with van der Waals surface area (Å²) < 4.78 is 5.09. The molecule has 2 rings (SSSR count). The minimum absolute atomic E-state index is 0.629. The first kappa shape index (κ1) is 13.5. The van der Waals surface area contributed by atoms with E-state index in [1.54, 1.807) is 7.11 Å². The van der Waals surface area contributed by atoms with Gasteiger partial charge in [0.2, 0.25) is 0 Å². The van der Waals surface area contributed by atoms with Crippen LogP contribution in [0.15, 0.2) is 36.4 Å². The van der Waals surface area contributed by atoms with Gasteiger partial charge in [-0.3, -0.25) is 0 Å². The molecule has 0 fully saturated rings. The molecule has 0 atom stereocenters. The zero-order valence-electron chi connectivity index (χ0n) is 11.4. The summed E-state index contributed by atoms with van der Waals surface area (Å²) in [6.07, 6.45) is 0.718. The molecule has 1 aromatic heterocycles. The van der Waals surface area contributed by atoms with Gasteiger partial charge in [-0.05, 0) is 6.92 Å². The Morgan fingerprint density at radius 3 is 2.63 bits per heavy atom. The summed E-state index contributed by atoms with van der Waals surface area (Å²) in [7, 11) is 1.69. The minimum Gasteiger partial charge on any atom is -0.384 e. The van der Waals surface area contributed by atoms with E-state index in [4.69, 9.17) is 4.74 Å². The van der Waals surface area contributed by atoms with Gasteiger partial charge in [-0.1, -0.05) is 30.3 Å². The van der Waals surface area contributed by atoms with Gasteiger partial charge >= 0.3 is 0 Å². The summed E-state index contributed by atoms with van der Waals surface area (Å²) in [6.45, 7) is 3.53. The first-order valence-corrected chi connectivity index (χ1v) is 6.49. The lowest BCUT2D eigenvalue weighted by molar-refractivity contribution is 0.200. The highest BCUT2D eigenvalue weighted by Gasteiger charge is 2.06. The summed E-state index contributed by atoms with van der Waals surface area (Å²) in [5.41, 5.74) is 2.04. The SMILES string of the molecule is CCNc1cc(-c2ccccc2)nc(CCOC)n1. The molecule has 0 aliphatic rings. The van der Waals surface area contributed by atoms with Crippen molar-refractivity contribution in [2.45, 2.75) is 13.3 Å². The summed E-state index contributed by atoms with van der Waals surface area (Å²) in [4.78, 5) is 9.08. The second-order valence-electron chi connectivity index (χ2n) is 4.19. The number of nitrogens with zero attached hydrogens (tertiary/aromatic N) is 2. The zero-order valence-corrected chi connectivity index (χ0v) is 11.4. The van der Waals surface area contributed by atoms with Crippen LogP contribution in [-0.4, -0.2) is 30.2 Å². The van der Waals surface area contributed by atoms with Crippen molar-refractivity contribution in [1.29, 1.82) is 0 Å². The average Bonchev–Trinajstić information content (AvgIpc) is 2.46. The van der Waals surface area contributed by atoms with Crippen LogP contribution < -0.4 is 5.32 Å². The van der Waals surface area contributed by atoms with Gasteiger partial charge in [-0.15, -0.1) is 0 Å². The lowest BCUT2D eigenvalue weighted by Crippen LogP contribution is -2.06. The highest BCUT2D eigenvalue weighted by Crippen LogP contribution is 2.19. The van der Waals surface area contributed by atoms with Gasteiger partial charge in [-0.25, -0.2) is 9.97 Å². The molecule has 100 valence electrons. The highest BCUT2D eigenvalue weighted by atomic mass is 16.5. The Kier molecular flexibility index (Phi) is 4.86. The fraction of sp³-hybridized carbons (Fsp3) is 0.333. The van der Waals surface area contributed by atoms with Gasteiger partial charge < -0.3 is 10.1 Å². The Labute approximate surface area is 113 Å². The van der Waals surface area contributed by atoms with Crippen molar-refractivity contribution in [2.24, 2.45) is 0 Å². The topological polar surface area (TPSA) is 47.0 Å². The number of nitrogens with one attached hydrogen (secondary N) is 1. The molecule has 0 saturated carbocycles. The maximum absolute atomic E-state index is 5.09. The molecule has 0 aliphatic heterocycles. The third-order valence-electron chi connectivity index (χ3n) is 2.73. The molecule has 4 nitrogen and oxygen atoms in total. The number of anilines is 1. The quantitative estimate of drug-likeness (QED) is 0.864. The number of benzene rings is 1. The van der Waals surface area contributed by atoms with Crippen molar-refractivity contribution in [1.82, 2.24) is 9.97 Å². The van der Waals surface area contributed by atoms with E-state index in [0.29, 0.717) is 6.61 Å². The molecular weight excluding hydrogens is 238 g/mol. The number of rotatable bonds is 6. The number of aromatic nitrogens is 2. The lowest BCUT2D eigenvalue weighted by Gasteiger charge is -2.09. The monoisotopic (exact) mass is 257 g/mol. The fourth-order valence-electron chi connectivity index (χ4n) is 1.83. The predicted molar refractivity (Wildman–Crippen MR) is 77.2 cm³/mol. The van der Waals surface area contributed by atoms with Crippen molar-refractivity contribution in [3.8, 4) is 11.3 Å². The third kappa shape index (κ3) is 3.76. The fourth-order valence-corrected chi connectivity index (χ4v) is 1.83. The molecule has 1 aromatic carbocycles. The first-order chi connectivity index (χ1) is 9.33. The van der Waals surface area contributed by atoms with Gasteiger partial charge in [0.1, 0.15) is 11.6 Å². The Morgan fingerprint density at radius 2 is 1.95 bits per heavy atom. The van der Waals surface area contributed by atoms with E-state index in [-0.39, 0.29) is 0 Å². The van der Waals surface area contributed by atoms with E-state index in [1.807, 2.05) is 24.3 Å². The number of ether oxygens (including phenoxy) is 1. The lowest BCUT2D eigenvalue weighted by atomic mass is 10.1. The largest absolute Gasteiger partial charge is 0.384 e. The van der Waals surface area contributed by atoms with Crippen LogP contribution in [0, 0.1) is 0 Å². The molecule has 0 amide bonds. The number of hydrogen-bond donors (Lipinski definition) is 1. The van der Waals surface area contributed by atoms with Gasteiger partial charge in [0.15, 0.2) is 0 Å². The molecule has 19 heavy (non-hydrogen) atoms. The third-order valence-corrected chi connectivity index (χ3v) is 2.73. The molecule has 0 saturated heterocycles. The smallest absolute Gasteiger partial charge is 0.133 e. The van der Waals surface area contributed by atoms with E-state index in [1.165, 1.54) is 0 Å². The molecule has 1 N–H and O–H groups in total. The van der Waals surface area contributed by atoms with Crippen LogP contribution in [0.2, 0.25) is 0 Å². The van der Waals surface area contributed by atoms with Crippen LogP contribution in [0.1, 0.15) is 12.7 Å². The second-order valence-corrected chi connectivity index (χ2v) is 4.19. The molecule has 4 heteroatoms. The Morgan fingerprint density at radius 1 is 1.16 bits per heavy atom. The Hall–Kier alpha value is -1.94. The molecule has 1 heterocycles. The standard InChI is InChI=1S/C15H19N3O/c1-3-16-15-11-13(12-7-5-4-6-8-12)17-14(18-15)9-10-19-2/h4-8,11H,3,9-10H2,1-2H3,(H,16,17,18). The summed E-state index contributed by atoms with van der Waals surface area (Å²) in [6, 6.07) is 12.1. The van der Waals surface area contributed by atoms with Gasteiger partial charge in [0.05, 0.1) is 12.3 Å². The van der Waals surface area contributed by atoms with E-state index in [0.717, 1.165) is 35.9 Å². The van der Waals surface area contributed by atoms with E-state index >= 15 is 0 Å². The second kappa shape index (κ2) is 6.85. The van der Waals surface area contributed by atoms with E-state index in [9.17, 15) is 0 Å². The molecule has 0 spiro atoms. The van der Waals surface area contributed by atoms with Gasteiger partial charge in [0.25, 0.3) is 0 Å². The molecule has 2 aromatic rings. The van der Waals surface area contributed by atoms with Crippen LogP contribution in [0.5, 0.6) is 0 Å². The van der Waals surface area contributed by atoms with Gasteiger partial charge in [0, 0.05) is 31.7 Å². The summed E-state index contributed by atoms with van der Waals surface area (Å²) in [5, 5.41) is 3.24. The Balaban J connectivity index is 2.33. The first-order valence-electron chi connectivity index (χ1n) is 6.49. The highest BCUT2D eigenvalue weighted by molar-refractivity contribution is 5.62. The molecule has 0 radical (unpaired) electrons. The molecular formula is C15H19N3O. The number of hydrogen-bond acceptors (Lipinski definition) is 4. The normalized spacial score (nSPS) is 10.4. The molecule has 0 unspecified atom stereocenters. The summed E-state index contributed by atoms with van der Waals surface area (Å²) >= 11 is 0. The van der Waals surface area contributed by atoms with Crippen LogP contribution >= 0.6 is 0 Å². The number of methoxy groups -OCH3 is 1. The van der Waals surface area contributed by atoms with Crippen molar-refractivity contribution in [2.75, 3.05) is 25.6 Å². The van der Waals surface area contributed by atoms with Crippen LogP contribution in [0.25, 0.3) is 11.3 Å². The average molecular weight is 257 g/mol. The van der Waals surface area contributed by atoms with Crippen LogP contribution in [0.3, 0.4) is 0 Å². The Bertz CT molecular complexity index is 514. The molecule has 0 bridgehead atoms. The zero-order chi connectivity index (χ0) is 13.5. The molecule has 0 aliphatic carbocycles. The van der Waals surface area contributed by atoms with Crippen LogP contribution in [-0.2, 0) is 11.2 Å². The minimum atomic E-state index is 0.629. The van der Waals surface area contributed by atoms with Crippen molar-refractivity contribution < 1.29 is 4.74 Å². The van der Waals surface area contributed by atoms with Crippen LogP contribution in [0.4, 0.5) is 5.82 Å².